The molecule has 162 valence electrons. The monoisotopic (exact) mass is 432 g/mol. The summed E-state index contributed by atoms with van der Waals surface area (Å²) in [6.07, 6.45) is -1.61. The summed E-state index contributed by atoms with van der Waals surface area (Å²) < 4.78 is 21.7. The number of rotatable bonds is 8. The van der Waals surface area contributed by atoms with Crippen LogP contribution in [0.5, 0.6) is 17.2 Å². The van der Waals surface area contributed by atoms with Crippen LogP contribution >= 0.6 is 0 Å². The largest absolute Gasteiger partial charge is 0.489 e. The SMILES string of the molecule is COC(=O)C(=O)C1Oc2cc(OCc3ccccc3)cc(OCc3ccccc3)c2C1=O. The molecule has 1 heterocycles. The van der Waals surface area contributed by atoms with Gasteiger partial charge in [-0.2, -0.15) is 0 Å². The maximum Gasteiger partial charge on any atom is 0.378 e. The summed E-state index contributed by atoms with van der Waals surface area (Å²) in [6.45, 7) is 0.481. The molecule has 0 fully saturated rings. The van der Waals surface area contributed by atoms with E-state index in [1.54, 1.807) is 6.07 Å². The van der Waals surface area contributed by atoms with E-state index in [0.29, 0.717) is 5.75 Å². The van der Waals surface area contributed by atoms with Crippen molar-refractivity contribution in [2.24, 2.45) is 0 Å². The van der Waals surface area contributed by atoms with E-state index in [2.05, 4.69) is 4.74 Å². The molecule has 0 aromatic heterocycles. The number of Topliss-reactive ketones (excluding diaryl/α,β-unsaturated/α-hetero) is 2. The van der Waals surface area contributed by atoms with Crippen LogP contribution in [0.2, 0.25) is 0 Å². The average molecular weight is 432 g/mol. The van der Waals surface area contributed by atoms with Crippen molar-refractivity contribution in [3.05, 3.63) is 89.5 Å². The Kier molecular flexibility index (Phi) is 6.17. The Morgan fingerprint density at radius 3 is 2.06 bits per heavy atom. The average Bonchev–Trinajstić information content (AvgIpc) is 3.17. The Hall–Kier alpha value is -4.13. The molecule has 32 heavy (non-hydrogen) atoms. The van der Waals surface area contributed by atoms with Crippen LogP contribution in [0.1, 0.15) is 21.5 Å². The van der Waals surface area contributed by atoms with Gasteiger partial charge in [0, 0.05) is 12.1 Å². The van der Waals surface area contributed by atoms with Gasteiger partial charge in [0.2, 0.25) is 11.9 Å². The molecule has 0 saturated carbocycles. The van der Waals surface area contributed by atoms with Crippen LogP contribution in [0.4, 0.5) is 0 Å². The molecular weight excluding hydrogens is 412 g/mol. The Labute approximate surface area is 184 Å². The first-order valence-electron chi connectivity index (χ1n) is 9.91. The lowest BCUT2D eigenvalue weighted by Gasteiger charge is -2.13. The first-order valence-corrected chi connectivity index (χ1v) is 9.91. The number of ether oxygens (including phenoxy) is 4. The highest BCUT2D eigenvalue weighted by atomic mass is 16.5. The summed E-state index contributed by atoms with van der Waals surface area (Å²) in [4.78, 5) is 36.8. The molecule has 0 radical (unpaired) electrons. The third-order valence-corrected chi connectivity index (χ3v) is 4.88. The van der Waals surface area contributed by atoms with Crippen LogP contribution in [0.3, 0.4) is 0 Å². The number of fused-ring (bicyclic) bond motifs is 1. The van der Waals surface area contributed by atoms with Gasteiger partial charge in [-0.3, -0.25) is 9.59 Å². The molecule has 3 aromatic carbocycles. The lowest BCUT2D eigenvalue weighted by atomic mass is 10.0. The van der Waals surface area contributed by atoms with E-state index in [9.17, 15) is 14.4 Å². The second-order valence-electron chi connectivity index (χ2n) is 7.06. The minimum Gasteiger partial charge on any atom is -0.489 e. The molecule has 1 aliphatic rings. The molecule has 0 N–H and O–H groups in total. The number of hydrogen-bond donors (Lipinski definition) is 0. The van der Waals surface area contributed by atoms with E-state index in [1.165, 1.54) is 6.07 Å². The van der Waals surface area contributed by atoms with E-state index in [1.807, 2.05) is 60.7 Å². The number of carbonyl (C=O) groups is 3. The first-order chi connectivity index (χ1) is 15.6. The number of esters is 1. The van der Waals surface area contributed by atoms with E-state index < -0.39 is 23.6 Å². The minimum absolute atomic E-state index is 0.0928. The quantitative estimate of drug-likeness (QED) is 0.306. The summed E-state index contributed by atoms with van der Waals surface area (Å²) in [5.41, 5.74) is 1.94. The van der Waals surface area contributed by atoms with Crippen molar-refractivity contribution in [2.45, 2.75) is 19.3 Å². The molecule has 0 amide bonds. The molecule has 1 aliphatic heterocycles. The van der Waals surface area contributed by atoms with Crippen LogP contribution in [-0.4, -0.2) is 30.7 Å². The molecule has 7 nitrogen and oxygen atoms in total. The lowest BCUT2D eigenvalue weighted by molar-refractivity contribution is -0.153. The summed E-state index contributed by atoms with van der Waals surface area (Å²) in [5, 5.41) is 0. The van der Waals surface area contributed by atoms with E-state index >= 15 is 0 Å². The Morgan fingerprint density at radius 1 is 0.875 bits per heavy atom. The molecule has 1 unspecified atom stereocenters. The summed E-state index contributed by atoms with van der Waals surface area (Å²) in [7, 11) is 1.07. The van der Waals surface area contributed by atoms with Gasteiger partial charge >= 0.3 is 5.97 Å². The zero-order valence-corrected chi connectivity index (χ0v) is 17.3. The Morgan fingerprint density at radius 2 is 1.47 bits per heavy atom. The molecule has 3 aromatic rings. The van der Waals surface area contributed by atoms with Crippen LogP contribution in [-0.2, 0) is 27.5 Å². The molecule has 7 heteroatoms. The highest BCUT2D eigenvalue weighted by Crippen LogP contribution is 2.40. The second-order valence-corrected chi connectivity index (χ2v) is 7.06. The van der Waals surface area contributed by atoms with Crippen molar-refractivity contribution in [3.8, 4) is 17.2 Å². The molecule has 4 rings (SSSR count). The first kappa shape index (κ1) is 21.1. The molecule has 0 spiro atoms. The minimum atomic E-state index is -1.61. The Balaban J connectivity index is 1.62. The molecule has 0 saturated heterocycles. The summed E-state index contributed by atoms with van der Waals surface area (Å²) in [5.74, 6) is -2.16. The van der Waals surface area contributed by atoms with Crippen molar-refractivity contribution in [1.82, 2.24) is 0 Å². The van der Waals surface area contributed by atoms with E-state index in [4.69, 9.17) is 14.2 Å². The summed E-state index contributed by atoms with van der Waals surface area (Å²) >= 11 is 0. The summed E-state index contributed by atoms with van der Waals surface area (Å²) in [6, 6.07) is 22.1. The number of ketones is 2. The normalized spacial score (nSPS) is 14.3. The third kappa shape index (κ3) is 4.46. The second kappa shape index (κ2) is 9.34. The molecular formula is C25H20O7. The van der Waals surface area contributed by atoms with Crippen LogP contribution in [0.25, 0.3) is 0 Å². The zero-order valence-electron chi connectivity index (χ0n) is 17.3. The van der Waals surface area contributed by atoms with Crippen LogP contribution < -0.4 is 14.2 Å². The number of carbonyl (C=O) groups excluding carboxylic acids is 3. The maximum atomic E-state index is 12.9. The van der Waals surface area contributed by atoms with Gasteiger partial charge < -0.3 is 18.9 Å². The smallest absolute Gasteiger partial charge is 0.378 e. The van der Waals surface area contributed by atoms with Crippen molar-refractivity contribution < 1.29 is 33.3 Å². The van der Waals surface area contributed by atoms with Gasteiger partial charge in [0.15, 0.2) is 0 Å². The number of benzene rings is 3. The van der Waals surface area contributed by atoms with Crippen LogP contribution in [0.15, 0.2) is 72.8 Å². The van der Waals surface area contributed by atoms with Gasteiger partial charge in [-0.1, -0.05) is 60.7 Å². The maximum absolute atomic E-state index is 12.9. The van der Waals surface area contributed by atoms with Gasteiger partial charge in [0.25, 0.3) is 5.78 Å². The van der Waals surface area contributed by atoms with Gasteiger partial charge in [-0.05, 0) is 11.1 Å². The highest BCUT2D eigenvalue weighted by molar-refractivity contribution is 6.42. The lowest BCUT2D eigenvalue weighted by Crippen LogP contribution is -2.36. The van der Waals surface area contributed by atoms with Gasteiger partial charge in [0.05, 0.1) is 7.11 Å². The predicted molar refractivity (Wildman–Crippen MR) is 114 cm³/mol. The van der Waals surface area contributed by atoms with E-state index in [0.717, 1.165) is 18.2 Å². The molecule has 0 aliphatic carbocycles. The Bertz CT molecular complexity index is 1140. The number of hydrogen-bond acceptors (Lipinski definition) is 7. The topological polar surface area (TPSA) is 88.1 Å². The third-order valence-electron chi connectivity index (χ3n) is 4.88. The standard InChI is InChI=1S/C25H20O7/c1-29-25(28)23(27)24-22(26)21-19(31-15-17-10-6-3-7-11-17)12-18(13-20(21)32-24)30-14-16-8-4-2-5-9-16/h2-13,24H,14-15H2,1H3. The molecule has 1 atom stereocenters. The predicted octanol–water partition coefficient (Wildman–Crippen LogP) is 3.53. The van der Waals surface area contributed by atoms with Gasteiger partial charge in [-0.25, -0.2) is 4.79 Å². The van der Waals surface area contributed by atoms with Crippen molar-refractivity contribution in [1.29, 1.82) is 0 Å². The van der Waals surface area contributed by atoms with Crippen molar-refractivity contribution in [3.63, 3.8) is 0 Å². The van der Waals surface area contributed by atoms with E-state index in [-0.39, 0.29) is 30.3 Å². The fourth-order valence-corrected chi connectivity index (χ4v) is 3.27. The number of methoxy groups -OCH3 is 1. The zero-order chi connectivity index (χ0) is 22.5. The molecule has 0 bridgehead atoms. The fraction of sp³-hybridized carbons (Fsp3) is 0.160. The van der Waals surface area contributed by atoms with Gasteiger partial charge in [0.1, 0.15) is 36.0 Å². The van der Waals surface area contributed by atoms with Gasteiger partial charge in [-0.15, -0.1) is 0 Å². The highest BCUT2D eigenvalue weighted by Gasteiger charge is 2.44. The fourth-order valence-electron chi connectivity index (χ4n) is 3.27. The van der Waals surface area contributed by atoms with Crippen molar-refractivity contribution in [2.75, 3.05) is 7.11 Å². The van der Waals surface area contributed by atoms with Crippen LogP contribution in [0, 0.1) is 0 Å². The van der Waals surface area contributed by atoms with Crippen molar-refractivity contribution >= 4 is 17.5 Å².